The number of nitrogens with zero attached hydrogens (tertiary/aromatic N) is 1. The summed E-state index contributed by atoms with van der Waals surface area (Å²) in [6.45, 7) is 7.02. The number of rotatable bonds is 7. The Morgan fingerprint density at radius 2 is 2.11 bits per heavy atom. The van der Waals surface area contributed by atoms with Crippen molar-refractivity contribution in [3.05, 3.63) is 33.9 Å². The van der Waals surface area contributed by atoms with Crippen LogP contribution in [0, 0.1) is 16.0 Å². The lowest BCUT2D eigenvalue weighted by Crippen LogP contribution is -2.31. The first-order chi connectivity index (χ1) is 8.99. The first-order valence-corrected chi connectivity index (χ1v) is 6.54. The number of ether oxygens (including phenoxy) is 1. The van der Waals surface area contributed by atoms with Crippen molar-refractivity contribution in [2.24, 2.45) is 5.92 Å². The zero-order valence-electron chi connectivity index (χ0n) is 12.0. The summed E-state index contributed by atoms with van der Waals surface area (Å²) in [5.74, 6) is 1.24. The van der Waals surface area contributed by atoms with Crippen molar-refractivity contribution < 1.29 is 9.66 Å². The molecular weight excluding hydrogens is 244 g/mol. The molecule has 0 saturated carbocycles. The Morgan fingerprint density at radius 3 is 2.63 bits per heavy atom. The average molecular weight is 266 g/mol. The smallest absolute Gasteiger partial charge is 0.270 e. The minimum absolute atomic E-state index is 0.0915. The Hall–Kier alpha value is -1.62. The van der Waals surface area contributed by atoms with Gasteiger partial charge in [0.1, 0.15) is 5.75 Å². The number of non-ortho nitro benzene ring substituents is 1. The molecule has 106 valence electrons. The third kappa shape index (κ3) is 4.21. The minimum Gasteiger partial charge on any atom is -0.496 e. The van der Waals surface area contributed by atoms with Crippen molar-refractivity contribution in [1.29, 1.82) is 0 Å². The van der Waals surface area contributed by atoms with Gasteiger partial charge in [-0.2, -0.15) is 0 Å². The van der Waals surface area contributed by atoms with Gasteiger partial charge in [-0.05, 0) is 18.9 Å². The van der Waals surface area contributed by atoms with Crippen molar-refractivity contribution in [3.63, 3.8) is 0 Å². The largest absolute Gasteiger partial charge is 0.496 e. The molecule has 0 saturated heterocycles. The second-order valence-electron chi connectivity index (χ2n) is 4.81. The van der Waals surface area contributed by atoms with Crippen LogP contribution in [0.2, 0.25) is 0 Å². The second-order valence-corrected chi connectivity index (χ2v) is 4.81. The van der Waals surface area contributed by atoms with E-state index in [0.717, 1.165) is 12.0 Å². The van der Waals surface area contributed by atoms with E-state index in [1.807, 2.05) is 0 Å². The number of nitro benzene ring substituents is 1. The van der Waals surface area contributed by atoms with Gasteiger partial charge in [0, 0.05) is 30.3 Å². The van der Waals surface area contributed by atoms with E-state index >= 15 is 0 Å². The molecule has 0 aromatic heterocycles. The van der Waals surface area contributed by atoms with Crippen LogP contribution in [0.15, 0.2) is 18.2 Å². The third-order valence-electron chi connectivity index (χ3n) is 3.59. The molecule has 0 aliphatic heterocycles. The van der Waals surface area contributed by atoms with Crippen molar-refractivity contribution in [2.75, 3.05) is 7.11 Å². The van der Waals surface area contributed by atoms with E-state index in [4.69, 9.17) is 4.74 Å². The highest BCUT2D eigenvalue weighted by Crippen LogP contribution is 2.24. The van der Waals surface area contributed by atoms with Crippen molar-refractivity contribution >= 4 is 5.69 Å². The normalized spacial score (nSPS) is 13.9. The number of hydrogen-bond acceptors (Lipinski definition) is 4. The number of nitro groups is 1. The summed E-state index contributed by atoms with van der Waals surface area (Å²) in [5.41, 5.74) is 0.903. The van der Waals surface area contributed by atoms with Gasteiger partial charge in [0.05, 0.1) is 12.0 Å². The molecule has 5 nitrogen and oxygen atoms in total. The highest BCUT2D eigenvalue weighted by Gasteiger charge is 2.14. The standard InChI is InChI=1S/C14H22N2O3/c1-5-10(2)11(3)15-9-12-8-13(16(17)18)6-7-14(12)19-4/h6-8,10-11,15H,5,9H2,1-4H3. The Balaban J connectivity index is 2.80. The molecule has 0 aliphatic rings. The number of nitrogens with one attached hydrogen (secondary N) is 1. The monoisotopic (exact) mass is 266 g/mol. The molecular formula is C14H22N2O3. The zero-order valence-corrected chi connectivity index (χ0v) is 12.0. The van der Waals surface area contributed by atoms with Crippen molar-refractivity contribution in [1.82, 2.24) is 5.32 Å². The van der Waals surface area contributed by atoms with Gasteiger partial charge >= 0.3 is 0 Å². The highest BCUT2D eigenvalue weighted by molar-refractivity contribution is 5.43. The summed E-state index contributed by atoms with van der Waals surface area (Å²) < 4.78 is 5.24. The molecule has 0 bridgehead atoms. The van der Waals surface area contributed by atoms with E-state index < -0.39 is 0 Å². The molecule has 19 heavy (non-hydrogen) atoms. The average Bonchev–Trinajstić information content (AvgIpc) is 2.43. The first kappa shape index (κ1) is 15.4. The zero-order chi connectivity index (χ0) is 14.4. The maximum atomic E-state index is 10.8. The maximum absolute atomic E-state index is 10.8. The van der Waals surface area contributed by atoms with E-state index in [0.29, 0.717) is 24.3 Å². The Morgan fingerprint density at radius 1 is 1.42 bits per heavy atom. The van der Waals surface area contributed by atoms with Gasteiger partial charge < -0.3 is 10.1 Å². The van der Waals surface area contributed by atoms with Crippen molar-refractivity contribution in [3.8, 4) is 5.75 Å². The Labute approximate surface area is 114 Å². The van der Waals surface area contributed by atoms with Crippen LogP contribution in [-0.4, -0.2) is 18.1 Å². The van der Waals surface area contributed by atoms with Crippen LogP contribution >= 0.6 is 0 Å². The first-order valence-electron chi connectivity index (χ1n) is 6.54. The second kappa shape index (κ2) is 7.09. The summed E-state index contributed by atoms with van der Waals surface area (Å²) in [6, 6.07) is 5.02. The molecule has 0 fully saturated rings. The fourth-order valence-corrected chi connectivity index (χ4v) is 1.84. The van der Waals surface area contributed by atoms with Crippen LogP contribution in [0.1, 0.15) is 32.8 Å². The van der Waals surface area contributed by atoms with Gasteiger partial charge in [-0.25, -0.2) is 0 Å². The van der Waals surface area contributed by atoms with E-state index in [1.165, 1.54) is 6.07 Å². The van der Waals surface area contributed by atoms with Crippen LogP contribution in [-0.2, 0) is 6.54 Å². The molecule has 2 unspecified atom stereocenters. The van der Waals surface area contributed by atoms with Gasteiger partial charge in [-0.15, -0.1) is 0 Å². The summed E-state index contributed by atoms with van der Waals surface area (Å²) in [4.78, 5) is 10.4. The number of benzene rings is 1. The fraction of sp³-hybridized carbons (Fsp3) is 0.571. The topological polar surface area (TPSA) is 64.4 Å². The number of hydrogen-bond donors (Lipinski definition) is 1. The predicted octanol–water partition coefficient (Wildman–Crippen LogP) is 3.13. The van der Waals surface area contributed by atoms with Crippen LogP contribution in [0.4, 0.5) is 5.69 Å². The molecule has 1 rings (SSSR count). The van der Waals surface area contributed by atoms with Gasteiger partial charge in [0.15, 0.2) is 0 Å². The predicted molar refractivity (Wildman–Crippen MR) is 75.4 cm³/mol. The van der Waals surface area contributed by atoms with Crippen LogP contribution < -0.4 is 10.1 Å². The van der Waals surface area contributed by atoms with Gasteiger partial charge in [-0.1, -0.05) is 20.3 Å². The third-order valence-corrected chi connectivity index (χ3v) is 3.59. The van der Waals surface area contributed by atoms with E-state index in [2.05, 4.69) is 26.1 Å². The molecule has 0 radical (unpaired) electrons. The Bertz CT molecular complexity index is 435. The molecule has 0 heterocycles. The Kier molecular flexibility index (Phi) is 5.76. The molecule has 5 heteroatoms. The molecule has 1 N–H and O–H groups in total. The van der Waals surface area contributed by atoms with E-state index in [9.17, 15) is 10.1 Å². The summed E-state index contributed by atoms with van der Waals surface area (Å²) >= 11 is 0. The highest BCUT2D eigenvalue weighted by atomic mass is 16.6. The van der Waals surface area contributed by atoms with E-state index in [1.54, 1.807) is 19.2 Å². The lowest BCUT2D eigenvalue weighted by Gasteiger charge is -2.20. The maximum Gasteiger partial charge on any atom is 0.270 e. The van der Waals surface area contributed by atoms with Gasteiger partial charge in [0.2, 0.25) is 0 Å². The van der Waals surface area contributed by atoms with Crippen molar-refractivity contribution in [2.45, 2.75) is 39.8 Å². The van der Waals surface area contributed by atoms with Crippen LogP contribution in [0.3, 0.4) is 0 Å². The van der Waals surface area contributed by atoms with E-state index in [-0.39, 0.29) is 10.6 Å². The van der Waals surface area contributed by atoms with Gasteiger partial charge in [-0.3, -0.25) is 10.1 Å². The van der Waals surface area contributed by atoms with Crippen LogP contribution in [0.25, 0.3) is 0 Å². The molecule has 2 atom stereocenters. The lowest BCUT2D eigenvalue weighted by atomic mass is 10.0. The number of methoxy groups -OCH3 is 1. The summed E-state index contributed by atoms with van der Waals surface area (Å²) in [6.07, 6.45) is 1.10. The quantitative estimate of drug-likeness (QED) is 0.608. The van der Waals surface area contributed by atoms with Crippen LogP contribution in [0.5, 0.6) is 5.75 Å². The lowest BCUT2D eigenvalue weighted by molar-refractivity contribution is -0.384. The molecule has 0 spiro atoms. The molecule has 1 aromatic rings. The molecule has 0 aliphatic carbocycles. The minimum atomic E-state index is -0.388. The molecule has 0 amide bonds. The van der Waals surface area contributed by atoms with Gasteiger partial charge in [0.25, 0.3) is 5.69 Å². The summed E-state index contributed by atoms with van der Waals surface area (Å²) in [5, 5.41) is 14.2. The fourth-order valence-electron chi connectivity index (χ4n) is 1.84. The summed E-state index contributed by atoms with van der Waals surface area (Å²) in [7, 11) is 1.57. The molecule has 1 aromatic carbocycles. The SMILES string of the molecule is CCC(C)C(C)NCc1cc([N+](=O)[O-])ccc1OC.